The van der Waals surface area contributed by atoms with E-state index in [1.165, 1.54) is 21.3 Å². The Hall–Kier alpha value is -2.95. The van der Waals surface area contributed by atoms with E-state index in [-0.39, 0.29) is 0 Å². The van der Waals surface area contributed by atoms with E-state index in [9.17, 15) is 4.79 Å². The Labute approximate surface area is 141 Å². The summed E-state index contributed by atoms with van der Waals surface area (Å²) in [5.41, 5.74) is 2.06. The van der Waals surface area contributed by atoms with Gasteiger partial charge in [0.1, 0.15) is 5.75 Å². The number of aldehydes is 1. The van der Waals surface area contributed by atoms with Crippen molar-refractivity contribution in [1.29, 1.82) is 0 Å². The molecule has 0 aromatic heterocycles. The lowest BCUT2D eigenvalue weighted by molar-refractivity contribution is -0.103. The molecule has 0 fully saturated rings. The first-order chi connectivity index (χ1) is 11.7. The second-order valence-corrected chi connectivity index (χ2v) is 4.90. The second-order valence-electron chi connectivity index (χ2n) is 4.90. The third kappa shape index (κ3) is 3.68. The normalized spacial score (nSPS) is 10.9. The number of hydrogen-bond donors (Lipinski definition) is 0. The summed E-state index contributed by atoms with van der Waals surface area (Å²) in [6, 6.07) is 10.9. The van der Waals surface area contributed by atoms with Crippen LogP contribution in [-0.4, -0.2) is 34.7 Å². The molecule has 0 aliphatic rings. The van der Waals surface area contributed by atoms with E-state index in [1.807, 2.05) is 24.3 Å². The molecule has 24 heavy (non-hydrogen) atoms. The monoisotopic (exact) mass is 328 g/mol. The average molecular weight is 328 g/mol. The lowest BCUT2D eigenvalue weighted by Gasteiger charge is -2.14. The molecule has 5 heteroatoms. The van der Waals surface area contributed by atoms with Crippen LogP contribution in [0.5, 0.6) is 23.0 Å². The van der Waals surface area contributed by atoms with Gasteiger partial charge in [-0.25, -0.2) is 0 Å². The third-order valence-corrected chi connectivity index (χ3v) is 3.56. The quantitative estimate of drug-likeness (QED) is 0.442. The molecule has 0 radical (unpaired) electrons. The van der Waals surface area contributed by atoms with Crippen molar-refractivity contribution in [3.05, 3.63) is 47.5 Å². The highest BCUT2D eigenvalue weighted by Crippen LogP contribution is 2.39. The highest BCUT2D eigenvalue weighted by molar-refractivity contribution is 6.13. The van der Waals surface area contributed by atoms with Crippen molar-refractivity contribution in [3.63, 3.8) is 0 Å². The molecule has 0 heterocycles. The fourth-order valence-electron chi connectivity index (χ4n) is 2.31. The van der Waals surface area contributed by atoms with Gasteiger partial charge in [0.2, 0.25) is 5.75 Å². The van der Waals surface area contributed by atoms with Crippen molar-refractivity contribution in [1.82, 2.24) is 0 Å². The molecule has 0 aliphatic heterocycles. The van der Waals surface area contributed by atoms with Crippen LogP contribution in [0.2, 0.25) is 0 Å². The minimum Gasteiger partial charge on any atom is -0.497 e. The van der Waals surface area contributed by atoms with Gasteiger partial charge in [-0.3, -0.25) is 4.79 Å². The maximum absolute atomic E-state index is 11.6. The van der Waals surface area contributed by atoms with E-state index in [4.69, 9.17) is 18.9 Å². The Morgan fingerprint density at radius 3 is 1.83 bits per heavy atom. The summed E-state index contributed by atoms with van der Waals surface area (Å²) in [7, 11) is 6.22. The smallest absolute Gasteiger partial charge is 0.203 e. The molecule has 5 nitrogen and oxygen atoms in total. The average Bonchev–Trinajstić information content (AvgIpc) is 2.65. The fraction of sp³-hybridized carbons (Fsp3) is 0.211. The highest BCUT2D eigenvalue weighted by atomic mass is 16.5. The summed E-state index contributed by atoms with van der Waals surface area (Å²) in [6.07, 6.45) is 2.58. The fourth-order valence-corrected chi connectivity index (χ4v) is 2.31. The van der Waals surface area contributed by atoms with Gasteiger partial charge in [0, 0.05) is 5.57 Å². The molecule has 0 spiro atoms. The molecule has 2 aromatic carbocycles. The SMILES string of the molecule is COc1ccc(/C=C(/C=O)c2cc(OC)c(OC)c(OC)c2)cc1. The number of rotatable bonds is 7. The van der Waals surface area contributed by atoms with Gasteiger partial charge >= 0.3 is 0 Å². The molecule has 126 valence electrons. The van der Waals surface area contributed by atoms with E-state index in [0.29, 0.717) is 28.4 Å². The molecule has 0 saturated heterocycles. The number of carbonyl (C=O) groups excluding carboxylic acids is 1. The van der Waals surface area contributed by atoms with Crippen LogP contribution in [0.25, 0.3) is 11.6 Å². The molecule has 0 atom stereocenters. The Balaban J connectivity index is 2.49. The van der Waals surface area contributed by atoms with E-state index in [2.05, 4.69) is 0 Å². The first-order valence-corrected chi connectivity index (χ1v) is 7.28. The van der Waals surface area contributed by atoms with Crippen molar-refractivity contribution < 1.29 is 23.7 Å². The summed E-state index contributed by atoms with van der Waals surface area (Å²) in [4.78, 5) is 11.6. The summed E-state index contributed by atoms with van der Waals surface area (Å²) in [6.45, 7) is 0. The number of hydrogen-bond acceptors (Lipinski definition) is 5. The van der Waals surface area contributed by atoms with Gasteiger partial charge in [-0.15, -0.1) is 0 Å². The van der Waals surface area contributed by atoms with Gasteiger partial charge < -0.3 is 18.9 Å². The topological polar surface area (TPSA) is 54.0 Å². The molecule has 0 saturated carbocycles. The minimum absolute atomic E-state index is 0.485. The summed E-state index contributed by atoms with van der Waals surface area (Å²) >= 11 is 0. The van der Waals surface area contributed by atoms with Gasteiger partial charge in [0.05, 0.1) is 28.4 Å². The minimum atomic E-state index is 0.485. The van der Waals surface area contributed by atoms with Crippen LogP contribution in [0.1, 0.15) is 11.1 Å². The summed E-state index contributed by atoms with van der Waals surface area (Å²) in [5.74, 6) is 2.23. The number of allylic oxidation sites excluding steroid dienone is 1. The van der Waals surface area contributed by atoms with Crippen molar-refractivity contribution >= 4 is 17.9 Å². The molecule has 0 bridgehead atoms. The maximum Gasteiger partial charge on any atom is 0.203 e. The molecule has 2 rings (SSSR count). The molecule has 0 aliphatic carbocycles. The van der Waals surface area contributed by atoms with Crippen LogP contribution in [0.15, 0.2) is 36.4 Å². The summed E-state index contributed by atoms with van der Waals surface area (Å²) in [5, 5.41) is 0. The molecule has 0 amide bonds. The molecular weight excluding hydrogens is 308 g/mol. The highest BCUT2D eigenvalue weighted by Gasteiger charge is 2.15. The number of benzene rings is 2. The van der Waals surface area contributed by atoms with Gasteiger partial charge in [0.25, 0.3) is 0 Å². The van der Waals surface area contributed by atoms with Crippen molar-refractivity contribution in [2.75, 3.05) is 28.4 Å². The lowest BCUT2D eigenvalue weighted by Crippen LogP contribution is -1.97. The zero-order chi connectivity index (χ0) is 17.5. The molecule has 0 N–H and O–H groups in total. The van der Waals surface area contributed by atoms with Gasteiger partial charge in [-0.2, -0.15) is 0 Å². The first kappa shape index (κ1) is 17.4. The van der Waals surface area contributed by atoms with Crippen LogP contribution < -0.4 is 18.9 Å². The van der Waals surface area contributed by atoms with E-state index in [0.717, 1.165) is 17.6 Å². The maximum atomic E-state index is 11.6. The van der Waals surface area contributed by atoms with Gasteiger partial charge in [0.15, 0.2) is 17.8 Å². The lowest BCUT2D eigenvalue weighted by atomic mass is 10.0. The Morgan fingerprint density at radius 1 is 0.833 bits per heavy atom. The van der Waals surface area contributed by atoms with Crippen LogP contribution in [0.4, 0.5) is 0 Å². The number of ether oxygens (including phenoxy) is 4. The van der Waals surface area contributed by atoms with Crippen molar-refractivity contribution in [3.8, 4) is 23.0 Å². The van der Waals surface area contributed by atoms with Crippen LogP contribution in [0, 0.1) is 0 Å². The van der Waals surface area contributed by atoms with Crippen LogP contribution >= 0.6 is 0 Å². The molecule has 2 aromatic rings. The summed E-state index contributed by atoms with van der Waals surface area (Å²) < 4.78 is 21.1. The largest absolute Gasteiger partial charge is 0.497 e. The standard InChI is InChI=1S/C19H20O5/c1-21-16-7-5-13(6-8-16)9-15(12-20)14-10-17(22-2)19(24-4)18(11-14)23-3/h5-12H,1-4H3/b15-9-. The predicted molar refractivity (Wildman–Crippen MR) is 93.0 cm³/mol. The first-order valence-electron chi connectivity index (χ1n) is 7.28. The molecule has 0 unspecified atom stereocenters. The van der Waals surface area contributed by atoms with Crippen molar-refractivity contribution in [2.24, 2.45) is 0 Å². The van der Waals surface area contributed by atoms with Gasteiger partial charge in [-0.1, -0.05) is 12.1 Å². The zero-order valence-electron chi connectivity index (χ0n) is 14.2. The van der Waals surface area contributed by atoms with E-state index in [1.54, 1.807) is 25.3 Å². The second kappa shape index (κ2) is 8.06. The zero-order valence-corrected chi connectivity index (χ0v) is 14.2. The Morgan fingerprint density at radius 2 is 1.42 bits per heavy atom. The Bertz CT molecular complexity index is 707. The number of methoxy groups -OCH3 is 4. The molecular formula is C19H20O5. The van der Waals surface area contributed by atoms with Crippen LogP contribution in [-0.2, 0) is 4.79 Å². The number of carbonyl (C=O) groups is 1. The third-order valence-electron chi connectivity index (χ3n) is 3.56. The van der Waals surface area contributed by atoms with E-state index < -0.39 is 0 Å². The Kier molecular flexibility index (Phi) is 5.84. The van der Waals surface area contributed by atoms with Crippen LogP contribution in [0.3, 0.4) is 0 Å². The van der Waals surface area contributed by atoms with Crippen molar-refractivity contribution in [2.45, 2.75) is 0 Å². The van der Waals surface area contributed by atoms with E-state index >= 15 is 0 Å². The predicted octanol–water partition coefficient (Wildman–Crippen LogP) is 3.46. The van der Waals surface area contributed by atoms with Gasteiger partial charge in [-0.05, 0) is 41.5 Å².